The van der Waals surface area contributed by atoms with Gasteiger partial charge < -0.3 is 5.11 Å². The molecule has 1 unspecified atom stereocenters. The molecule has 1 aromatic carbocycles. The van der Waals surface area contributed by atoms with Gasteiger partial charge in [0.05, 0.1) is 0 Å². The highest BCUT2D eigenvalue weighted by molar-refractivity contribution is 5.78. The van der Waals surface area contributed by atoms with Crippen LogP contribution in [-0.4, -0.2) is 28.6 Å². The van der Waals surface area contributed by atoms with E-state index in [1.807, 2.05) is 49.2 Å². The molecule has 0 heterocycles. The van der Waals surface area contributed by atoms with E-state index in [2.05, 4.69) is 0 Å². The molecule has 0 bridgehead atoms. The quantitative estimate of drug-likeness (QED) is 0.829. The van der Waals surface area contributed by atoms with Crippen LogP contribution >= 0.6 is 0 Å². The Balaban J connectivity index is 2.78. The van der Waals surface area contributed by atoms with E-state index in [0.717, 1.165) is 5.56 Å². The number of hydrogen-bond donors (Lipinski definition) is 1. The number of aliphatic carboxylic acids is 1. The zero-order valence-electron chi connectivity index (χ0n) is 10.1. The Hall–Kier alpha value is -1.35. The second-order valence-corrected chi connectivity index (χ2v) is 4.27. The maximum Gasteiger partial charge on any atom is 0.323 e. The van der Waals surface area contributed by atoms with Crippen LogP contribution in [0.15, 0.2) is 30.3 Å². The van der Waals surface area contributed by atoms with Crippen LogP contribution in [0, 0.1) is 0 Å². The molecule has 0 aliphatic carbocycles. The van der Waals surface area contributed by atoms with Crippen LogP contribution in [0.5, 0.6) is 0 Å². The average molecular weight is 221 g/mol. The van der Waals surface area contributed by atoms with Crippen molar-refractivity contribution in [3.05, 3.63) is 35.9 Å². The Labute approximate surface area is 96.7 Å². The molecule has 0 aliphatic heterocycles. The third-order valence-electron chi connectivity index (χ3n) is 3.25. The van der Waals surface area contributed by atoms with Crippen LogP contribution in [-0.2, 0) is 11.3 Å². The SMILES string of the molecule is CCC(C)(C(=O)O)N(C)Cc1ccccc1. The van der Waals surface area contributed by atoms with E-state index < -0.39 is 11.5 Å². The monoisotopic (exact) mass is 221 g/mol. The van der Waals surface area contributed by atoms with Crippen molar-refractivity contribution in [3.63, 3.8) is 0 Å². The first kappa shape index (κ1) is 12.7. The number of nitrogens with zero attached hydrogens (tertiary/aromatic N) is 1. The van der Waals surface area contributed by atoms with Crippen LogP contribution in [0.1, 0.15) is 25.8 Å². The third kappa shape index (κ3) is 2.61. The average Bonchev–Trinajstić information content (AvgIpc) is 2.28. The Morgan fingerprint density at radius 3 is 2.38 bits per heavy atom. The van der Waals surface area contributed by atoms with Gasteiger partial charge in [-0.3, -0.25) is 9.69 Å². The van der Waals surface area contributed by atoms with Crippen molar-refractivity contribution in [1.82, 2.24) is 4.90 Å². The van der Waals surface area contributed by atoms with E-state index >= 15 is 0 Å². The number of carboxylic acid groups (broad SMARTS) is 1. The molecule has 0 saturated carbocycles. The topological polar surface area (TPSA) is 40.5 Å². The molecule has 1 rings (SSSR count). The number of carbonyl (C=O) groups is 1. The molecule has 88 valence electrons. The number of carboxylic acids is 1. The summed E-state index contributed by atoms with van der Waals surface area (Å²) in [7, 11) is 1.85. The Morgan fingerprint density at radius 2 is 1.94 bits per heavy atom. The fraction of sp³-hybridized carbons (Fsp3) is 0.462. The molecule has 1 N–H and O–H groups in total. The number of likely N-dealkylation sites (N-methyl/N-ethyl adjacent to an activating group) is 1. The summed E-state index contributed by atoms with van der Waals surface area (Å²) in [6.45, 7) is 4.31. The van der Waals surface area contributed by atoms with Crippen molar-refractivity contribution < 1.29 is 9.90 Å². The first-order chi connectivity index (χ1) is 7.50. The summed E-state index contributed by atoms with van der Waals surface area (Å²) in [5.41, 5.74) is 0.335. The molecule has 16 heavy (non-hydrogen) atoms. The van der Waals surface area contributed by atoms with Gasteiger partial charge in [-0.2, -0.15) is 0 Å². The number of hydrogen-bond acceptors (Lipinski definition) is 2. The molecule has 3 nitrogen and oxygen atoms in total. The fourth-order valence-corrected chi connectivity index (χ4v) is 1.62. The van der Waals surface area contributed by atoms with Gasteiger partial charge in [-0.25, -0.2) is 0 Å². The zero-order valence-corrected chi connectivity index (χ0v) is 10.1. The van der Waals surface area contributed by atoms with E-state index in [9.17, 15) is 9.90 Å². The van der Waals surface area contributed by atoms with Crippen LogP contribution in [0.2, 0.25) is 0 Å². The molecule has 0 aromatic heterocycles. The fourth-order valence-electron chi connectivity index (χ4n) is 1.62. The first-order valence-electron chi connectivity index (χ1n) is 5.49. The Morgan fingerprint density at radius 1 is 1.38 bits per heavy atom. The standard InChI is InChI=1S/C13H19NO2/c1-4-13(2,12(15)16)14(3)10-11-8-6-5-7-9-11/h5-9H,4,10H2,1-3H3,(H,15,16). The first-order valence-corrected chi connectivity index (χ1v) is 5.49. The van der Waals surface area contributed by atoms with Gasteiger partial charge in [0.15, 0.2) is 0 Å². The summed E-state index contributed by atoms with van der Waals surface area (Å²) >= 11 is 0. The second-order valence-electron chi connectivity index (χ2n) is 4.27. The summed E-state index contributed by atoms with van der Waals surface area (Å²) in [5.74, 6) is -0.770. The molecular weight excluding hydrogens is 202 g/mol. The maximum absolute atomic E-state index is 11.2. The Kier molecular flexibility index (Phi) is 4.07. The van der Waals surface area contributed by atoms with Gasteiger partial charge >= 0.3 is 5.97 Å². The highest BCUT2D eigenvalue weighted by Crippen LogP contribution is 2.20. The summed E-state index contributed by atoms with van der Waals surface area (Å²) in [6.07, 6.45) is 0.589. The molecular formula is C13H19NO2. The zero-order chi connectivity index (χ0) is 12.2. The predicted octanol–water partition coefficient (Wildman–Crippen LogP) is 2.37. The van der Waals surface area contributed by atoms with E-state index in [1.165, 1.54) is 0 Å². The largest absolute Gasteiger partial charge is 0.480 e. The lowest BCUT2D eigenvalue weighted by Crippen LogP contribution is -2.49. The van der Waals surface area contributed by atoms with Gasteiger partial charge in [0.2, 0.25) is 0 Å². The lowest BCUT2D eigenvalue weighted by Gasteiger charge is -2.34. The molecule has 0 aliphatic rings. The molecule has 3 heteroatoms. The van der Waals surface area contributed by atoms with Gasteiger partial charge in [-0.15, -0.1) is 0 Å². The van der Waals surface area contributed by atoms with E-state index in [1.54, 1.807) is 6.92 Å². The Bertz CT molecular complexity index is 350. The summed E-state index contributed by atoms with van der Waals surface area (Å²) < 4.78 is 0. The highest BCUT2D eigenvalue weighted by atomic mass is 16.4. The van der Waals surface area contributed by atoms with Crippen LogP contribution in [0.25, 0.3) is 0 Å². The summed E-state index contributed by atoms with van der Waals surface area (Å²) in [6, 6.07) is 9.91. The summed E-state index contributed by atoms with van der Waals surface area (Å²) in [4.78, 5) is 13.1. The van der Waals surface area contributed by atoms with E-state index in [4.69, 9.17) is 0 Å². The van der Waals surface area contributed by atoms with Gasteiger partial charge in [-0.1, -0.05) is 37.3 Å². The molecule has 0 amide bonds. The van der Waals surface area contributed by atoms with Crippen molar-refractivity contribution in [3.8, 4) is 0 Å². The second kappa shape index (κ2) is 5.12. The van der Waals surface area contributed by atoms with Crippen molar-refractivity contribution in [1.29, 1.82) is 0 Å². The maximum atomic E-state index is 11.2. The van der Waals surface area contributed by atoms with Crippen molar-refractivity contribution in [2.45, 2.75) is 32.4 Å². The molecule has 1 aromatic rings. The minimum absolute atomic E-state index is 0.589. The molecule has 0 fully saturated rings. The van der Waals surface area contributed by atoms with E-state index in [0.29, 0.717) is 13.0 Å². The normalized spacial score (nSPS) is 14.8. The van der Waals surface area contributed by atoms with E-state index in [-0.39, 0.29) is 0 Å². The van der Waals surface area contributed by atoms with Crippen molar-refractivity contribution in [2.75, 3.05) is 7.05 Å². The predicted molar refractivity (Wildman–Crippen MR) is 64.2 cm³/mol. The van der Waals surface area contributed by atoms with Crippen molar-refractivity contribution >= 4 is 5.97 Å². The van der Waals surface area contributed by atoms with Gasteiger partial charge in [0.1, 0.15) is 5.54 Å². The van der Waals surface area contributed by atoms with Gasteiger partial charge in [-0.05, 0) is 26.0 Å². The lowest BCUT2D eigenvalue weighted by atomic mass is 9.96. The van der Waals surface area contributed by atoms with Crippen molar-refractivity contribution in [2.24, 2.45) is 0 Å². The third-order valence-corrected chi connectivity index (χ3v) is 3.25. The molecule has 0 spiro atoms. The number of rotatable bonds is 5. The minimum atomic E-state index is -0.796. The summed E-state index contributed by atoms with van der Waals surface area (Å²) in [5, 5.41) is 9.24. The van der Waals surface area contributed by atoms with Crippen LogP contribution in [0.3, 0.4) is 0 Å². The van der Waals surface area contributed by atoms with Crippen LogP contribution < -0.4 is 0 Å². The molecule has 0 radical (unpaired) electrons. The van der Waals surface area contributed by atoms with Gasteiger partial charge in [0.25, 0.3) is 0 Å². The minimum Gasteiger partial charge on any atom is -0.480 e. The smallest absolute Gasteiger partial charge is 0.323 e. The number of benzene rings is 1. The highest BCUT2D eigenvalue weighted by Gasteiger charge is 2.35. The lowest BCUT2D eigenvalue weighted by molar-refractivity contribution is -0.150. The molecule has 0 saturated heterocycles. The van der Waals surface area contributed by atoms with Gasteiger partial charge in [0, 0.05) is 6.54 Å². The van der Waals surface area contributed by atoms with Crippen LogP contribution in [0.4, 0.5) is 0 Å². The molecule has 1 atom stereocenters.